The van der Waals surface area contributed by atoms with Crippen molar-refractivity contribution < 1.29 is 12.8 Å². The monoisotopic (exact) mass is 357 g/mol. The van der Waals surface area contributed by atoms with Crippen molar-refractivity contribution in [1.82, 2.24) is 4.72 Å². The predicted octanol–water partition coefficient (Wildman–Crippen LogP) is 3.63. The standard InChI is InChI=1S/C14H13BrFNO2S/c1-10(11-6-8-12(15)9-7-11)17-20(18,19)14-5-3-2-4-13(14)16/h2-10,17H,1H3. The van der Waals surface area contributed by atoms with Gasteiger partial charge in [0, 0.05) is 10.5 Å². The SMILES string of the molecule is CC(NS(=O)(=O)c1ccccc1F)c1ccc(Br)cc1. The normalized spacial score (nSPS) is 13.2. The van der Waals surface area contributed by atoms with Crippen molar-refractivity contribution in [2.45, 2.75) is 17.9 Å². The summed E-state index contributed by atoms with van der Waals surface area (Å²) in [6.07, 6.45) is 0. The lowest BCUT2D eigenvalue weighted by atomic mass is 10.1. The number of rotatable bonds is 4. The minimum atomic E-state index is -3.89. The molecule has 20 heavy (non-hydrogen) atoms. The molecule has 0 saturated heterocycles. The van der Waals surface area contributed by atoms with Crippen LogP contribution in [0, 0.1) is 5.82 Å². The zero-order valence-corrected chi connectivity index (χ0v) is 13.1. The molecule has 0 saturated carbocycles. The summed E-state index contributed by atoms with van der Waals surface area (Å²) in [6, 6.07) is 12.1. The minimum absolute atomic E-state index is 0.344. The lowest BCUT2D eigenvalue weighted by Gasteiger charge is -2.15. The summed E-state index contributed by atoms with van der Waals surface area (Å²) >= 11 is 3.31. The number of halogens is 2. The van der Waals surface area contributed by atoms with Gasteiger partial charge in [-0.1, -0.05) is 40.2 Å². The summed E-state index contributed by atoms with van der Waals surface area (Å²) in [4.78, 5) is -0.344. The van der Waals surface area contributed by atoms with Crippen molar-refractivity contribution in [1.29, 1.82) is 0 Å². The third-order valence-electron chi connectivity index (χ3n) is 2.83. The molecule has 1 atom stereocenters. The van der Waals surface area contributed by atoms with E-state index in [4.69, 9.17) is 0 Å². The largest absolute Gasteiger partial charge is 0.244 e. The molecular weight excluding hydrogens is 345 g/mol. The van der Waals surface area contributed by atoms with E-state index in [1.807, 2.05) is 12.1 Å². The first-order valence-electron chi connectivity index (χ1n) is 5.92. The smallest absolute Gasteiger partial charge is 0.207 e. The Morgan fingerprint density at radius 2 is 1.70 bits per heavy atom. The summed E-state index contributed by atoms with van der Waals surface area (Å²) in [7, 11) is -3.89. The number of benzene rings is 2. The molecule has 2 aromatic carbocycles. The van der Waals surface area contributed by atoms with E-state index >= 15 is 0 Å². The Morgan fingerprint density at radius 3 is 2.30 bits per heavy atom. The molecule has 0 aliphatic heterocycles. The molecule has 2 rings (SSSR count). The van der Waals surface area contributed by atoms with E-state index in [1.54, 1.807) is 19.1 Å². The van der Waals surface area contributed by atoms with Crippen LogP contribution in [0.4, 0.5) is 4.39 Å². The first-order valence-corrected chi connectivity index (χ1v) is 8.20. The molecule has 0 bridgehead atoms. The minimum Gasteiger partial charge on any atom is -0.207 e. The van der Waals surface area contributed by atoms with Gasteiger partial charge in [0.15, 0.2) is 0 Å². The van der Waals surface area contributed by atoms with E-state index in [2.05, 4.69) is 20.7 Å². The zero-order valence-electron chi connectivity index (χ0n) is 10.7. The Kier molecular flexibility index (Phi) is 4.57. The second-order valence-corrected chi connectivity index (χ2v) is 6.92. The summed E-state index contributed by atoms with van der Waals surface area (Å²) in [5.74, 6) is -0.761. The summed E-state index contributed by atoms with van der Waals surface area (Å²) < 4.78 is 41.2. The van der Waals surface area contributed by atoms with Gasteiger partial charge in [-0.05, 0) is 36.8 Å². The first kappa shape index (κ1) is 15.2. The maximum absolute atomic E-state index is 13.6. The average molecular weight is 358 g/mol. The number of hydrogen-bond acceptors (Lipinski definition) is 2. The Hall–Kier alpha value is -1.24. The quantitative estimate of drug-likeness (QED) is 0.907. The van der Waals surface area contributed by atoms with Gasteiger partial charge in [0.2, 0.25) is 10.0 Å². The molecule has 0 aromatic heterocycles. The van der Waals surface area contributed by atoms with Crippen LogP contribution in [0.15, 0.2) is 57.9 Å². The summed E-state index contributed by atoms with van der Waals surface area (Å²) in [5.41, 5.74) is 0.799. The highest BCUT2D eigenvalue weighted by Crippen LogP contribution is 2.20. The molecule has 1 N–H and O–H groups in total. The molecule has 0 fully saturated rings. The highest BCUT2D eigenvalue weighted by molar-refractivity contribution is 9.10. The fourth-order valence-corrected chi connectivity index (χ4v) is 3.35. The highest BCUT2D eigenvalue weighted by Gasteiger charge is 2.21. The molecule has 3 nitrogen and oxygen atoms in total. The van der Waals surface area contributed by atoms with Crippen LogP contribution in [0.5, 0.6) is 0 Å². The molecule has 0 radical (unpaired) electrons. The second-order valence-electron chi connectivity index (χ2n) is 4.32. The van der Waals surface area contributed by atoms with Crippen molar-refractivity contribution in [3.63, 3.8) is 0 Å². The third-order valence-corrected chi connectivity index (χ3v) is 4.93. The maximum atomic E-state index is 13.6. The first-order chi connectivity index (χ1) is 9.40. The van der Waals surface area contributed by atoms with Crippen LogP contribution < -0.4 is 4.72 Å². The van der Waals surface area contributed by atoms with Crippen LogP contribution in [0.3, 0.4) is 0 Å². The van der Waals surface area contributed by atoms with E-state index in [1.165, 1.54) is 18.2 Å². The van der Waals surface area contributed by atoms with Crippen LogP contribution in [0.1, 0.15) is 18.5 Å². The Bertz CT molecular complexity index is 701. The number of hydrogen-bond donors (Lipinski definition) is 1. The molecule has 106 valence electrons. The Labute approximate surface area is 126 Å². The highest BCUT2D eigenvalue weighted by atomic mass is 79.9. The van der Waals surface area contributed by atoms with Gasteiger partial charge >= 0.3 is 0 Å². The van der Waals surface area contributed by atoms with Crippen molar-refractivity contribution in [2.24, 2.45) is 0 Å². The van der Waals surface area contributed by atoms with E-state index in [-0.39, 0.29) is 4.90 Å². The van der Waals surface area contributed by atoms with E-state index in [9.17, 15) is 12.8 Å². The van der Waals surface area contributed by atoms with E-state index in [0.29, 0.717) is 0 Å². The molecule has 2 aromatic rings. The van der Waals surface area contributed by atoms with Crippen molar-refractivity contribution in [3.8, 4) is 0 Å². The van der Waals surface area contributed by atoms with Gasteiger partial charge in [0.25, 0.3) is 0 Å². The molecule has 0 heterocycles. The van der Waals surface area contributed by atoms with Crippen molar-refractivity contribution in [2.75, 3.05) is 0 Å². The maximum Gasteiger partial charge on any atom is 0.244 e. The van der Waals surface area contributed by atoms with Gasteiger partial charge in [-0.2, -0.15) is 0 Å². The summed E-state index contributed by atoms with van der Waals surface area (Å²) in [5, 5.41) is 0. The van der Waals surface area contributed by atoms with Gasteiger partial charge in [0.1, 0.15) is 10.7 Å². The number of sulfonamides is 1. The van der Waals surface area contributed by atoms with E-state index < -0.39 is 21.9 Å². The Balaban J connectivity index is 2.24. The van der Waals surface area contributed by atoms with Gasteiger partial charge in [0.05, 0.1) is 0 Å². The van der Waals surface area contributed by atoms with Gasteiger partial charge < -0.3 is 0 Å². The molecule has 1 unspecified atom stereocenters. The predicted molar refractivity (Wildman–Crippen MR) is 79.3 cm³/mol. The zero-order chi connectivity index (χ0) is 14.8. The van der Waals surface area contributed by atoms with Crippen LogP contribution in [-0.4, -0.2) is 8.42 Å². The van der Waals surface area contributed by atoms with Gasteiger partial charge in [-0.15, -0.1) is 0 Å². The molecule has 0 aliphatic rings. The molecule has 6 heteroatoms. The van der Waals surface area contributed by atoms with Crippen molar-refractivity contribution in [3.05, 3.63) is 64.4 Å². The molecule has 0 amide bonds. The van der Waals surface area contributed by atoms with Crippen molar-refractivity contribution >= 4 is 26.0 Å². The molecule has 0 aliphatic carbocycles. The summed E-state index contributed by atoms with van der Waals surface area (Å²) in [6.45, 7) is 1.71. The molecule has 0 spiro atoms. The lowest BCUT2D eigenvalue weighted by Crippen LogP contribution is -2.27. The fourth-order valence-electron chi connectivity index (χ4n) is 1.78. The molecular formula is C14H13BrFNO2S. The fraction of sp³-hybridized carbons (Fsp3) is 0.143. The number of nitrogens with one attached hydrogen (secondary N) is 1. The van der Waals surface area contributed by atoms with Crippen LogP contribution in [0.25, 0.3) is 0 Å². The van der Waals surface area contributed by atoms with Crippen LogP contribution in [-0.2, 0) is 10.0 Å². The van der Waals surface area contributed by atoms with E-state index in [0.717, 1.165) is 16.1 Å². The average Bonchev–Trinajstić information content (AvgIpc) is 2.39. The topological polar surface area (TPSA) is 46.2 Å². The lowest BCUT2D eigenvalue weighted by molar-refractivity contribution is 0.547. The van der Waals surface area contributed by atoms with Crippen LogP contribution in [0.2, 0.25) is 0 Å². The second kappa shape index (κ2) is 6.03. The van der Waals surface area contributed by atoms with Gasteiger partial charge in [-0.25, -0.2) is 17.5 Å². The third kappa shape index (κ3) is 3.45. The van der Waals surface area contributed by atoms with Gasteiger partial charge in [-0.3, -0.25) is 0 Å². The Morgan fingerprint density at radius 1 is 1.10 bits per heavy atom. The van der Waals surface area contributed by atoms with Crippen LogP contribution >= 0.6 is 15.9 Å².